The Bertz CT molecular complexity index is 1340. The smallest absolute Gasteiger partial charge is 0.161 e. The van der Waals surface area contributed by atoms with Gasteiger partial charge in [-0.15, -0.1) is 0 Å². The third-order valence-corrected chi connectivity index (χ3v) is 6.34. The zero-order chi connectivity index (χ0) is 24.7. The van der Waals surface area contributed by atoms with Crippen LogP contribution < -0.4 is 4.90 Å². The molecule has 0 saturated carbocycles. The lowest BCUT2D eigenvalue weighted by molar-refractivity contribution is -0.00669. The van der Waals surface area contributed by atoms with Crippen molar-refractivity contribution in [2.75, 3.05) is 18.1 Å². The molecule has 0 fully saturated rings. The number of rotatable bonds is 11. The third kappa shape index (κ3) is 5.10. The van der Waals surface area contributed by atoms with E-state index in [1.165, 1.54) is 11.1 Å². The van der Waals surface area contributed by atoms with E-state index >= 15 is 0 Å². The monoisotopic (exact) mass is 480 g/mol. The van der Waals surface area contributed by atoms with E-state index in [1.807, 2.05) is 44.2 Å². The number of nitrogens with one attached hydrogen (secondary N) is 1. The van der Waals surface area contributed by atoms with Crippen molar-refractivity contribution < 1.29 is 9.47 Å². The molecule has 3 aromatic carbocycles. The van der Waals surface area contributed by atoms with Crippen LogP contribution in [0.25, 0.3) is 21.9 Å². The van der Waals surface area contributed by atoms with Crippen LogP contribution >= 0.6 is 0 Å². The normalized spacial score (nSPS) is 13.2. The molecule has 6 heteroatoms. The molecule has 0 spiro atoms. The minimum absolute atomic E-state index is 0.300. The molecule has 5 aromatic rings. The molecule has 6 nitrogen and oxygen atoms in total. The van der Waals surface area contributed by atoms with Crippen molar-refractivity contribution in [3.8, 4) is 0 Å². The van der Waals surface area contributed by atoms with Gasteiger partial charge in [0, 0.05) is 31.4 Å². The number of benzene rings is 3. The van der Waals surface area contributed by atoms with Gasteiger partial charge in [0.25, 0.3) is 0 Å². The Labute approximate surface area is 211 Å². The van der Waals surface area contributed by atoms with Gasteiger partial charge >= 0.3 is 0 Å². The molecular weight excluding hydrogens is 448 g/mol. The lowest BCUT2D eigenvalue weighted by Crippen LogP contribution is -2.49. The first-order chi connectivity index (χ1) is 17.8. The van der Waals surface area contributed by atoms with Crippen LogP contribution in [0.2, 0.25) is 0 Å². The highest BCUT2D eigenvalue weighted by Gasteiger charge is 2.32. The summed E-state index contributed by atoms with van der Waals surface area (Å²) in [5.41, 5.74) is 5.05. The highest BCUT2D eigenvalue weighted by Crippen LogP contribution is 2.33. The van der Waals surface area contributed by atoms with Crippen molar-refractivity contribution in [2.45, 2.75) is 39.1 Å². The Balaban J connectivity index is 1.68. The van der Waals surface area contributed by atoms with E-state index in [1.54, 1.807) is 6.33 Å². The number of aromatic amines is 1. The fourth-order valence-electron chi connectivity index (χ4n) is 4.75. The number of anilines is 1. The molecule has 5 rings (SSSR count). The predicted molar refractivity (Wildman–Crippen MR) is 145 cm³/mol. The van der Waals surface area contributed by atoms with Crippen molar-refractivity contribution >= 4 is 27.8 Å². The van der Waals surface area contributed by atoms with E-state index in [0.29, 0.717) is 26.1 Å². The lowest BCUT2D eigenvalue weighted by Gasteiger charge is -2.38. The van der Waals surface area contributed by atoms with Crippen LogP contribution in [-0.4, -0.2) is 40.6 Å². The van der Waals surface area contributed by atoms with Gasteiger partial charge in [-0.25, -0.2) is 9.97 Å². The highest BCUT2D eigenvalue weighted by atomic mass is 16.5. The standard InChI is InChI=1S/C30H32N4O2/c1-3-35-26(19-22-13-7-5-8-14-22)34(27(36-4-2)20-23-15-9-6-10-16-23)30-29-28(31-21-32-29)24-17-11-12-18-25(24)33-30/h5-18,21,26-27H,3-4,19-20H2,1-2H3,(H,31,32). The van der Waals surface area contributed by atoms with Crippen molar-refractivity contribution in [1.82, 2.24) is 15.0 Å². The number of imidazole rings is 1. The predicted octanol–water partition coefficient (Wildman–Crippen LogP) is 6.13. The van der Waals surface area contributed by atoms with Gasteiger partial charge in [-0.3, -0.25) is 0 Å². The van der Waals surface area contributed by atoms with Crippen LogP contribution in [0.4, 0.5) is 5.82 Å². The maximum absolute atomic E-state index is 6.43. The minimum Gasteiger partial charge on any atom is -0.358 e. The Morgan fingerprint density at radius 1 is 0.750 bits per heavy atom. The van der Waals surface area contributed by atoms with Crippen molar-refractivity contribution in [3.05, 3.63) is 102 Å². The fourth-order valence-corrected chi connectivity index (χ4v) is 4.75. The molecule has 0 aliphatic heterocycles. The second kappa shape index (κ2) is 11.3. The summed E-state index contributed by atoms with van der Waals surface area (Å²) >= 11 is 0. The summed E-state index contributed by atoms with van der Waals surface area (Å²) < 4.78 is 12.9. The first-order valence-corrected chi connectivity index (χ1v) is 12.6. The van der Waals surface area contributed by atoms with E-state index in [4.69, 9.17) is 19.4 Å². The fraction of sp³-hybridized carbons (Fsp3) is 0.267. The van der Waals surface area contributed by atoms with Gasteiger partial charge < -0.3 is 19.4 Å². The summed E-state index contributed by atoms with van der Waals surface area (Å²) in [6.45, 7) is 5.19. The molecule has 0 aliphatic carbocycles. The second-order valence-corrected chi connectivity index (χ2v) is 8.69. The molecule has 0 radical (unpaired) electrons. The molecule has 0 aliphatic rings. The van der Waals surface area contributed by atoms with Crippen LogP contribution in [0.15, 0.2) is 91.3 Å². The van der Waals surface area contributed by atoms with Crippen molar-refractivity contribution in [3.63, 3.8) is 0 Å². The summed E-state index contributed by atoms with van der Waals surface area (Å²) in [6, 6.07) is 29.0. The SMILES string of the molecule is CCOC(Cc1ccccc1)N(c1nc2ccccc2c2[nH]cnc12)C(Cc1ccccc1)OCC. The minimum atomic E-state index is -0.300. The molecule has 0 saturated heterocycles. The summed E-state index contributed by atoms with van der Waals surface area (Å²) in [4.78, 5) is 15.4. The molecule has 0 amide bonds. The summed E-state index contributed by atoms with van der Waals surface area (Å²) in [7, 11) is 0. The molecule has 36 heavy (non-hydrogen) atoms. The topological polar surface area (TPSA) is 63.3 Å². The van der Waals surface area contributed by atoms with Crippen LogP contribution in [0, 0.1) is 0 Å². The maximum atomic E-state index is 6.43. The highest BCUT2D eigenvalue weighted by molar-refractivity contribution is 6.06. The van der Waals surface area contributed by atoms with Crippen LogP contribution in [-0.2, 0) is 22.3 Å². The largest absolute Gasteiger partial charge is 0.358 e. The number of hydrogen-bond acceptors (Lipinski definition) is 5. The summed E-state index contributed by atoms with van der Waals surface area (Å²) in [5, 5.41) is 1.04. The van der Waals surface area contributed by atoms with Gasteiger partial charge in [0.15, 0.2) is 5.82 Å². The third-order valence-electron chi connectivity index (χ3n) is 6.34. The Hall–Kier alpha value is -3.74. The molecule has 0 bridgehead atoms. The quantitative estimate of drug-likeness (QED) is 0.231. The molecule has 2 aromatic heterocycles. The Morgan fingerprint density at radius 3 is 1.89 bits per heavy atom. The molecule has 1 N–H and O–H groups in total. The van der Waals surface area contributed by atoms with Crippen LogP contribution in [0.1, 0.15) is 25.0 Å². The van der Waals surface area contributed by atoms with Gasteiger partial charge in [0.1, 0.15) is 18.0 Å². The van der Waals surface area contributed by atoms with E-state index in [2.05, 4.69) is 64.5 Å². The molecule has 2 unspecified atom stereocenters. The average Bonchev–Trinajstić information content (AvgIpc) is 3.41. The first-order valence-electron chi connectivity index (χ1n) is 12.6. The number of hydrogen-bond donors (Lipinski definition) is 1. The molecule has 2 atom stereocenters. The second-order valence-electron chi connectivity index (χ2n) is 8.69. The molecule has 2 heterocycles. The number of nitrogens with zero attached hydrogens (tertiary/aromatic N) is 3. The van der Waals surface area contributed by atoms with Crippen LogP contribution in [0.5, 0.6) is 0 Å². The Morgan fingerprint density at radius 2 is 1.31 bits per heavy atom. The van der Waals surface area contributed by atoms with Gasteiger partial charge in [-0.1, -0.05) is 78.9 Å². The number of H-pyrrole nitrogens is 1. The maximum Gasteiger partial charge on any atom is 0.161 e. The summed E-state index contributed by atoms with van der Waals surface area (Å²) in [5.74, 6) is 0.758. The number of ether oxygens (including phenoxy) is 2. The van der Waals surface area contributed by atoms with Crippen molar-refractivity contribution in [2.24, 2.45) is 0 Å². The first kappa shape index (κ1) is 24.0. The summed E-state index contributed by atoms with van der Waals surface area (Å²) in [6.07, 6.45) is 2.51. The van der Waals surface area contributed by atoms with Gasteiger partial charge in [0.2, 0.25) is 0 Å². The van der Waals surface area contributed by atoms with E-state index < -0.39 is 0 Å². The van der Waals surface area contributed by atoms with Gasteiger partial charge in [-0.05, 0) is 31.0 Å². The Kier molecular flexibility index (Phi) is 7.55. The van der Waals surface area contributed by atoms with Gasteiger partial charge in [-0.2, -0.15) is 0 Å². The van der Waals surface area contributed by atoms with Gasteiger partial charge in [0.05, 0.1) is 17.4 Å². The zero-order valence-electron chi connectivity index (χ0n) is 20.8. The van der Waals surface area contributed by atoms with Crippen molar-refractivity contribution in [1.29, 1.82) is 0 Å². The lowest BCUT2D eigenvalue weighted by atomic mass is 10.1. The van der Waals surface area contributed by atoms with E-state index in [9.17, 15) is 0 Å². The average molecular weight is 481 g/mol. The number of para-hydroxylation sites is 1. The van der Waals surface area contributed by atoms with Crippen LogP contribution in [0.3, 0.4) is 0 Å². The van der Waals surface area contributed by atoms with E-state index in [0.717, 1.165) is 27.8 Å². The number of fused-ring (bicyclic) bond motifs is 3. The molecule has 184 valence electrons. The number of aromatic nitrogens is 3. The molecular formula is C30H32N4O2. The van der Waals surface area contributed by atoms with E-state index in [-0.39, 0.29) is 12.5 Å². The zero-order valence-corrected chi connectivity index (χ0v) is 20.8. The number of pyridine rings is 1.